The van der Waals surface area contributed by atoms with Crippen molar-refractivity contribution in [2.24, 2.45) is 11.3 Å². The molecule has 0 aliphatic rings. The highest BCUT2D eigenvalue weighted by atomic mass is 14.2. The van der Waals surface area contributed by atoms with Gasteiger partial charge in [-0.25, -0.2) is 0 Å². The third-order valence-electron chi connectivity index (χ3n) is 4.52. The van der Waals surface area contributed by atoms with Crippen molar-refractivity contribution in [3.63, 3.8) is 0 Å². The van der Waals surface area contributed by atoms with Crippen LogP contribution >= 0.6 is 0 Å². The van der Waals surface area contributed by atoms with Crippen LogP contribution in [0.2, 0.25) is 0 Å². The van der Waals surface area contributed by atoms with E-state index in [1.165, 1.54) is 70.6 Å². The van der Waals surface area contributed by atoms with Crippen molar-refractivity contribution in [1.82, 2.24) is 0 Å². The Labute approximate surface area is 123 Å². The molecule has 0 amide bonds. The Kier molecular flexibility index (Phi) is 11.4. The molecule has 1 unspecified atom stereocenters. The lowest BCUT2D eigenvalue weighted by Gasteiger charge is -2.27. The Balaban J connectivity index is 3.17. The summed E-state index contributed by atoms with van der Waals surface area (Å²) in [6, 6.07) is 0. The summed E-state index contributed by atoms with van der Waals surface area (Å²) in [7, 11) is 0. The second-order valence-corrected chi connectivity index (χ2v) is 7.32. The second kappa shape index (κ2) is 11.6. The number of hydrogen-bond acceptors (Lipinski definition) is 0. The van der Waals surface area contributed by atoms with Gasteiger partial charge in [-0.05, 0) is 24.2 Å². The third kappa shape index (κ3) is 12.5. The van der Waals surface area contributed by atoms with E-state index in [1.54, 1.807) is 0 Å². The maximum Gasteiger partial charge on any atom is -0.0353 e. The normalized spacial score (nSPS) is 13.5. The molecule has 0 aromatic heterocycles. The molecule has 0 saturated carbocycles. The minimum absolute atomic E-state index is 0.492. The van der Waals surface area contributed by atoms with E-state index in [1.807, 2.05) is 6.08 Å². The van der Waals surface area contributed by atoms with Crippen molar-refractivity contribution >= 4 is 0 Å². The van der Waals surface area contributed by atoms with Crippen LogP contribution in [-0.4, -0.2) is 0 Å². The molecule has 0 aromatic carbocycles. The van der Waals surface area contributed by atoms with Gasteiger partial charge in [0, 0.05) is 0 Å². The van der Waals surface area contributed by atoms with E-state index in [0.717, 1.165) is 5.92 Å². The third-order valence-corrected chi connectivity index (χ3v) is 4.52. The zero-order chi connectivity index (χ0) is 14.6. The fourth-order valence-corrected chi connectivity index (χ4v) is 2.41. The molecular weight excluding hydrogens is 228 g/mol. The molecule has 19 heavy (non-hydrogen) atoms. The van der Waals surface area contributed by atoms with Gasteiger partial charge in [0.15, 0.2) is 0 Å². The van der Waals surface area contributed by atoms with Gasteiger partial charge in [0.1, 0.15) is 0 Å². The lowest BCUT2D eigenvalue weighted by atomic mass is 9.79. The van der Waals surface area contributed by atoms with Crippen LogP contribution in [0.15, 0.2) is 12.7 Å². The smallest absolute Gasteiger partial charge is 0.0353 e. The highest BCUT2D eigenvalue weighted by molar-refractivity contribution is 4.69. The van der Waals surface area contributed by atoms with E-state index in [4.69, 9.17) is 0 Å². The molecule has 0 nitrogen and oxygen atoms in total. The maximum atomic E-state index is 3.76. The van der Waals surface area contributed by atoms with Crippen LogP contribution in [0.1, 0.15) is 98.3 Å². The van der Waals surface area contributed by atoms with Crippen LogP contribution in [0.25, 0.3) is 0 Å². The molecule has 1 atom stereocenters. The Morgan fingerprint density at radius 3 is 1.63 bits per heavy atom. The molecule has 0 rings (SSSR count). The van der Waals surface area contributed by atoms with Crippen LogP contribution < -0.4 is 0 Å². The lowest BCUT2D eigenvalue weighted by molar-refractivity contribution is 0.240. The van der Waals surface area contributed by atoms with Crippen molar-refractivity contribution in [2.45, 2.75) is 98.3 Å². The Morgan fingerprint density at radius 1 is 0.789 bits per heavy atom. The van der Waals surface area contributed by atoms with Gasteiger partial charge in [-0.1, -0.05) is 91.6 Å². The highest BCUT2D eigenvalue weighted by Crippen LogP contribution is 2.29. The monoisotopic (exact) mass is 266 g/mol. The minimum Gasteiger partial charge on any atom is -0.103 e. The number of hydrogen-bond donors (Lipinski definition) is 0. The predicted octanol–water partition coefficient (Wildman–Crippen LogP) is 7.15. The second-order valence-electron chi connectivity index (χ2n) is 7.32. The predicted molar refractivity (Wildman–Crippen MR) is 89.6 cm³/mol. The summed E-state index contributed by atoms with van der Waals surface area (Å²) in [6.07, 6.45) is 17.5. The minimum atomic E-state index is 0.492. The van der Waals surface area contributed by atoms with Crippen LogP contribution in [0.5, 0.6) is 0 Å². The molecule has 0 aliphatic carbocycles. The summed E-state index contributed by atoms with van der Waals surface area (Å²) >= 11 is 0. The molecule has 0 saturated heterocycles. The quantitative estimate of drug-likeness (QED) is 0.260. The van der Waals surface area contributed by atoms with E-state index in [2.05, 4.69) is 34.3 Å². The van der Waals surface area contributed by atoms with Gasteiger partial charge in [0.05, 0.1) is 0 Å². The van der Waals surface area contributed by atoms with Crippen molar-refractivity contribution in [3.05, 3.63) is 12.7 Å². The Morgan fingerprint density at radius 2 is 1.21 bits per heavy atom. The highest BCUT2D eigenvalue weighted by Gasteiger charge is 2.18. The van der Waals surface area contributed by atoms with E-state index < -0.39 is 0 Å². The maximum absolute atomic E-state index is 3.76. The van der Waals surface area contributed by atoms with Gasteiger partial charge in [0.25, 0.3) is 0 Å². The summed E-state index contributed by atoms with van der Waals surface area (Å²) in [5.41, 5.74) is 0.492. The van der Waals surface area contributed by atoms with Gasteiger partial charge in [-0.3, -0.25) is 0 Å². The summed E-state index contributed by atoms with van der Waals surface area (Å²) in [5.74, 6) is 0.859. The van der Waals surface area contributed by atoms with E-state index in [0.29, 0.717) is 5.41 Å². The number of allylic oxidation sites excluding steroid dienone is 1. The first-order valence-corrected chi connectivity index (χ1v) is 8.59. The summed E-state index contributed by atoms with van der Waals surface area (Å²) in [6.45, 7) is 13.3. The molecule has 0 bridgehead atoms. The SMILES string of the molecule is C=CCCCCCCCCCCCC(C)C(C)(C)C. The molecule has 0 heterocycles. The van der Waals surface area contributed by atoms with Crippen LogP contribution in [0.3, 0.4) is 0 Å². The zero-order valence-electron chi connectivity index (χ0n) is 14.1. The van der Waals surface area contributed by atoms with Gasteiger partial charge in [-0.2, -0.15) is 0 Å². The van der Waals surface area contributed by atoms with Crippen molar-refractivity contribution in [2.75, 3.05) is 0 Å². The molecule has 0 radical (unpaired) electrons. The van der Waals surface area contributed by atoms with Gasteiger partial charge in [0.2, 0.25) is 0 Å². The van der Waals surface area contributed by atoms with Gasteiger partial charge >= 0.3 is 0 Å². The zero-order valence-corrected chi connectivity index (χ0v) is 14.1. The fourth-order valence-electron chi connectivity index (χ4n) is 2.41. The lowest BCUT2D eigenvalue weighted by Crippen LogP contribution is -2.16. The Bertz CT molecular complexity index is 197. The molecule has 0 aromatic rings. The first-order chi connectivity index (χ1) is 8.98. The fraction of sp³-hybridized carbons (Fsp3) is 0.895. The van der Waals surface area contributed by atoms with Gasteiger partial charge in [-0.15, -0.1) is 6.58 Å². The largest absolute Gasteiger partial charge is 0.103 e. The molecule has 0 heteroatoms. The number of rotatable bonds is 12. The molecule has 0 aliphatic heterocycles. The first-order valence-electron chi connectivity index (χ1n) is 8.59. The summed E-state index contributed by atoms with van der Waals surface area (Å²) in [5, 5.41) is 0. The van der Waals surface area contributed by atoms with Crippen molar-refractivity contribution < 1.29 is 0 Å². The van der Waals surface area contributed by atoms with E-state index >= 15 is 0 Å². The molecule has 0 fully saturated rings. The van der Waals surface area contributed by atoms with E-state index in [-0.39, 0.29) is 0 Å². The van der Waals surface area contributed by atoms with Crippen LogP contribution in [0, 0.1) is 11.3 Å². The standard InChI is InChI=1S/C19H38/c1-6-7-8-9-10-11-12-13-14-15-16-17-18(2)19(3,4)5/h6,18H,1,7-17H2,2-5H3. The van der Waals surface area contributed by atoms with Crippen LogP contribution in [-0.2, 0) is 0 Å². The Hall–Kier alpha value is -0.260. The molecule has 114 valence electrons. The average Bonchev–Trinajstić information content (AvgIpc) is 2.34. The van der Waals surface area contributed by atoms with Gasteiger partial charge < -0.3 is 0 Å². The molecule has 0 spiro atoms. The van der Waals surface area contributed by atoms with Crippen molar-refractivity contribution in [1.29, 1.82) is 0 Å². The van der Waals surface area contributed by atoms with E-state index in [9.17, 15) is 0 Å². The number of unbranched alkanes of at least 4 members (excludes halogenated alkanes) is 9. The average molecular weight is 267 g/mol. The first kappa shape index (κ1) is 18.7. The molecule has 0 N–H and O–H groups in total. The van der Waals surface area contributed by atoms with Crippen LogP contribution in [0.4, 0.5) is 0 Å². The molecular formula is C19H38. The summed E-state index contributed by atoms with van der Waals surface area (Å²) in [4.78, 5) is 0. The summed E-state index contributed by atoms with van der Waals surface area (Å²) < 4.78 is 0. The van der Waals surface area contributed by atoms with Crippen molar-refractivity contribution in [3.8, 4) is 0 Å². The topological polar surface area (TPSA) is 0 Å².